The lowest BCUT2D eigenvalue weighted by molar-refractivity contribution is 0.112. The number of carbonyl (C=O) groups is 1. The van der Waals surface area contributed by atoms with E-state index in [0.29, 0.717) is 24.2 Å². The molecule has 0 saturated heterocycles. The fourth-order valence-electron chi connectivity index (χ4n) is 1.04. The molecule has 0 aliphatic heterocycles. The Morgan fingerprint density at radius 2 is 2.20 bits per heavy atom. The summed E-state index contributed by atoms with van der Waals surface area (Å²) in [6, 6.07) is 2.14. The zero-order chi connectivity index (χ0) is 11.3. The monoisotopic (exact) mass is 204 g/mol. The van der Waals surface area contributed by atoms with Gasteiger partial charge in [0.15, 0.2) is 6.29 Å². The lowest BCUT2D eigenvalue weighted by atomic mass is 10.2. The van der Waals surface area contributed by atoms with Crippen molar-refractivity contribution >= 4 is 12.2 Å². The minimum atomic E-state index is 0.0529. The Labute approximate surface area is 88.4 Å². The van der Waals surface area contributed by atoms with Gasteiger partial charge in [-0.2, -0.15) is 5.26 Å². The van der Waals surface area contributed by atoms with E-state index in [2.05, 4.69) is 16.0 Å². The SMILES string of the molecule is CC(CC#N)N(C)c1ncc(C=O)cn1. The highest BCUT2D eigenvalue weighted by atomic mass is 16.1. The van der Waals surface area contributed by atoms with Gasteiger partial charge in [-0.15, -0.1) is 0 Å². The predicted molar refractivity (Wildman–Crippen MR) is 55.5 cm³/mol. The average molecular weight is 204 g/mol. The smallest absolute Gasteiger partial charge is 0.225 e. The van der Waals surface area contributed by atoms with Crippen molar-refractivity contribution in [3.8, 4) is 6.07 Å². The lowest BCUT2D eigenvalue weighted by Crippen LogP contribution is -2.29. The summed E-state index contributed by atoms with van der Waals surface area (Å²) in [7, 11) is 1.82. The Balaban J connectivity index is 2.78. The molecule has 0 aliphatic rings. The van der Waals surface area contributed by atoms with Crippen molar-refractivity contribution in [1.29, 1.82) is 5.26 Å². The molecule has 5 nitrogen and oxygen atoms in total. The van der Waals surface area contributed by atoms with Gasteiger partial charge in [0.2, 0.25) is 5.95 Å². The Hall–Kier alpha value is -1.96. The van der Waals surface area contributed by atoms with Gasteiger partial charge < -0.3 is 4.90 Å². The highest BCUT2D eigenvalue weighted by Crippen LogP contribution is 2.09. The maximum atomic E-state index is 10.4. The van der Waals surface area contributed by atoms with Crippen molar-refractivity contribution in [3.63, 3.8) is 0 Å². The van der Waals surface area contributed by atoms with Gasteiger partial charge >= 0.3 is 0 Å². The third kappa shape index (κ3) is 2.74. The van der Waals surface area contributed by atoms with E-state index < -0.39 is 0 Å². The second kappa shape index (κ2) is 5.05. The molecule has 0 aromatic carbocycles. The van der Waals surface area contributed by atoms with E-state index in [1.807, 2.05) is 14.0 Å². The first-order chi connectivity index (χ1) is 7.19. The maximum Gasteiger partial charge on any atom is 0.225 e. The molecule has 0 radical (unpaired) electrons. The van der Waals surface area contributed by atoms with Crippen molar-refractivity contribution < 1.29 is 4.79 Å². The van der Waals surface area contributed by atoms with Crippen LogP contribution in [0.4, 0.5) is 5.95 Å². The van der Waals surface area contributed by atoms with Crippen LogP contribution in [0.25, 0.3) is 0 Å². The predicted octanol–water partition coefficient (Wildman–Crippen LogP) is 1.03. The molecule has 0 spiro atoms. The van der Waals surface area contributed by atoms with Crippen LogP contribution in [0.5, 0.6) is 0 Å². The topological polar surface area (TPSA) is 69.9 Å². The van der Waals surface area contributed by atoms with Crippen molar-refractivity contribution in [2.45, 2.75) is 19.4 Å². The molecule has 0 N–H and O–H groups in total. The van der Waals surface area contributed by atoms with E-state index in [-0.39, 0.29) is 6.04 Å². The number of aldehydes is 1. The first kappa shape index (κ1) is 11.1. The minimum Gasteiger partial charge on any atom is -0.340 e. The molecule has 1 aromatic rings. The second-order valence-electron chi connectivity index (χ2n) is 3.26. The van der Waals surface area contributed by atoms with Gasteiger partial charge in [0, 0.05) is 25.5 Å². The van der Waals surface area contributed by atoms with Gasteiger partial charge in [-0.05, 0) is 6.92 Å². The summed E-state index contributed by atoms with van der Waals surface area (Å²) in [5, 5.41) is 8.55. The summed E-state index contributed by atoms with van der Waals surface area (Å²) in [5.41, 5.74) is 0.445. The van der Waals surface area contributed by atoms with Crippen LogP contribution in [0.2, 0.25) is 0 Å². The molecule has 0 aliphatic carbocycles. The molecule has 0 fully saturated rings. The Morgan fingerprint density at radius 1 is 1.60 bits per heavy atom. The van der Waals surface area contributed by atoms with Crippen LogP contribution in [0, 0.1) is 11.3 Å². The Kier molecular flexibility index (Phi) is 3.75. The normalized spacial score (nSPS) is 11.5. The molecule has 0 amide bonds. The number of hydrogen-bond donors (Lipinski definition) is 0. The third-order valence-electron chi connectivity index (χ3n) is 2.16. The second-order valence-corrected chi connectivity index (χ2v) is 3.26. The minimum absolute atomic E-state index is 0.0529. The average Bonchev–Trinajstić information content (AvgIpc) is 2.28. The van der Waals surface area contributed by atoms with E-state index in [4.69, 9.17) is 5.26 Å². The Morgan fingerprint density at radius 3 is 2.67 bits per heavy atom. The number of carbonyl (C=O) groups excluding carboxylic acids is 1. The van der Waals surface area contributed by atoms with Crippen LogP contribution < -0.4 is 4.90 Å². The van der Waals surface area contributed by atoms with E-state index in [0.717, 1.165) is 0 Å². The van der Waals surface area contributed by atoms with E-state index in [9.17, 15) is 4.79 Å². The van der Waals surface area contributed by atoms with E-state index in [1.165, 1.54) is 12.4 Å². The lowest BCUT2D eigenvalue weighted by Gasteiger charge is -2.22. The summed E-state index contributed by atoms with van der Waals surface area (Å²) in [6.07, 6.45) is 4.04. The van der Waals surface area contributed by atoms with Gasteiger partial charge in [0.05, 0.1) is 18.1 Å². The van der Waals surface area contributed by atoms with Gasteiger partial charge in [-0.25, -0.2) is 9.97 Å². The van der Waals surface area contributed by atoms with E-state index in [1.54, 1.807) is 4.90 Å². The molecular formula is C10H12N4O. The summed E-state index contributed by atoms with van der Waals surface area (Å²) < 4.78 is 0. The number of nitriles is 1. The molecule has 1 atom stereocenters. The molecule has 5 heteroatoms. The molecule has 1 rings (SSSR count). The maximum absolute atomic E-state index is 10.4. The van der Waals surface area contributed by atoms with Crippen LogP contribution in [0.1, 0.15) is 23.7 Å². The molecule has 15 heavy (non-hydrogen) atoms. The van der Waals surface area contributed by atoms with Crippen molar-refractivity contribution in [1.82, 2.24) is 9.97 Å². The van der Waals surface area contributed by atoms with Crippen LogP contribution >= 0.6 is 0 Å². The van der Waals surface area contributed by atoms with Crippen LogP contribution in [0.3, 0.4) is 0 Å². The number of rotatable bonds is 4. The van der Waals surface area contributed by atoms with Crippen LogP contribution in [-0.4, -0.2) is 29.3 Å². The van der Waals surface area contributed by atoms with Gasteiger partial charge in [-0.3, -0.25) is 4.79 Å². The summed E-state index contributed by atoms with van der Waals surface area (Å²) in [5.74, 6) is 0.517. The first-order valence-electron chi connectivity index (χ1n) is 4.56. The zero-order valence-electron chi connectivity index (χ0n) is 8.71. The first-order valence-corrected chi connectivity index (χ1v) is 4.56. The van der Waals surface area contributed by atoms with Crippen molar-refractivity contribution in [2.24, 2.45) is 0 Å². The molecule has 1 aromatic heterocycles. The number of anilines is 1. The highest BCUT2D eigenvalue weighted by Gasteiger charge is 2.11. The molecular weight excluding hydrogens is 192 g/mol. The molecule has 1 unspecified atom stereocenters. The highest BCUT2D eigenvalue weighted by molar-refractivity contribution is 5.73. The fourth-order valence-corrected chi connectivity index (χ4v) is 1.04. The van der Waals surface area contributed by atoms with Crippen LogP contribution in [0.15, 0.2) is 12.4 Å². The standard InChI is InChI=1S/C10H12N4O/c1-8(3-4-11)14(2)10-12-5-9(7-15)6-13-10/h5-8H,3H2,1-2H3. The molecule has 0 bridgehead atoms. The van der Waals surface area contributed by atoms with Crippen molar-refractivity contribution in [3.05, 3.63) is 18.0 Å². The zero-order valence-corrected chi connectivity index (χ0v) is 8.71. The molecule has 1 heterocycles. The third-order valence-corrected chi connectivity index (χ3v) is 2.16. The van der Waals surface area contributed by atoms with Gasteiger partial charge in [0.25, 0.3) is 0 Å². The molecule has 78 valence electrons. The fraction of sp³-hybridized carbons (Fsp3) is 0.400. The quantitative estimate of drug-likeness (QED) is 0.685. The van der Waals surface area contributed by atoms with Crippen LogP contribution in [-0.2, 0) is 0 Å². The Bertz CT molecular complexity index is 368. The largest absolute Gasteiger partial charge is 0.340 e. The van der Waals surface area contributed by atoms with E-state index >= 15 is 0 Å². The van der Waals surface area contributed by atoms with Gasteiger partial charge in [0.1, 0.15) is 0 Å². The summed E-state index contributed by atoms with van der Waals surface area (Å²) >= 11 is 0. The summed E-state index contributed by atoms with van der Waals surface area (Å²) in [6.45, 7) is 1.92. The number of aromatic nitrogens is 2. The number of hydrogen-bond acceptors (Lipinski definition) is 5. The van der Waals surface area contributed by atoms with Gasteiger partial charge in [-0.1, -0.05) is 0 Å². The van der Waals surface area contributed by atoms with Crippen molar-refractivity contribution in [2.75, 3.05) is 11.9 Å². The summed E-state index contributed by atoms with van der Waals surface area (Å²) in [4.78, 5) is 20.2. The number of nitrogens with zero attached hydrogens (tertiary/aromatic N) is 4. The molecule has 0 saturated carbocycles.